The van der Waals surface area contributed by atoms with E-state index in [1.807, 2.05) is 48.5 Å². The van der Waals surface area contributed by atoms with E-state index in [0.717, 1.165) is 32.9 Å². The van der Waals surface area contributed by atoms with Crippen molar-refractivity contribution in [3.8, 4) is 11.1 Å². The number of primary amides is 1. The van der Waals surface area contributed by atoms with Gasteiger partial charge in [-0.15, -0.1) is 0 Å². The Labute approximate surface area is 179 Å². The molecule has 30 heavy (non-hydrogen) atoms. The van der Waals surface area contributed by atoms with Crippen LogP contribution in [0.15, 0.2) is 91.0 Å². The molecular formula is C26H19ClN2O. The van der Waals surface area contributed by atoms with Gasteiger partial charge in [-0.25, -0.2) is 0 Å². The number of aromatic nitrogens is 1. The lowest BCUT2D eigenvalue weighted by Gasteiger charge is -2.11. The summed E-state index contributed by atoms with van der Waals surface area (Å²) in [5.41, 5.74) is 11.5. The molecule has 0 aliphatic carbocycles. The van der Waals surface area contributed by atoms with Crippen LogP contribution in [0.2, 0.25) is 5.02 Å². The second-order valence-corrected chi connectivity index (χ2v) is 7.76. The van der Waals surface area contributed by atoms with Gasteiger partial charge in [0, 0.05) is 22.9 Å². The monoisotopic (exact) mass is 410 g/mol. The number of benzene rings is 4. The van der Waals surface area contributed by atoms with E-state index >= 15 is 0 Å². The molecule has 4 heteroatoms. The van der Waals surface area contributed by atoms with Gasteiger partial charge in [0.15, 0.2) is 0 Å². The largest absolute Gasteiger partial charge is 0.366 e. The Balaban J connectivity index is 1.72. The van der Waals surface area contributed by atoms with E-state index in [1.54, 1.807) is 6.07 Å². The van der Waals surface area contributed by atoms with E-state index < -0.39 is 5.91 Å². The average molecular weight is 411 g/mol. The molecule has 0 spiro atoms. The summed E-state index contributed by atoms with van der Waals surface area (Å²) in [6.45, 7) is 0.632. The van der Waals surface area contributed by atoms with E-state index in [1.165, 1.54) is 5.56 Å². The van der Waals surface area contributed by atoms with E-state index in [-0.39, 0.29) is 0 Å². The molecule has 5 rings (SSSR count). The van der Waals surface area contributed by atoms with Crippen LogP contribution in [-0.4, -0.2) is 10.5 Å². The fraction of sp³-hybridized carbons (Fsp3) is 0.0385. The Kier molecular flexibility index (Phi) is 4.53. The predicted molar refractivity (Wildman–Crippen MR) is 124 cm³/mol. The number of nitrogens with zero attached hydrogens (tertiary/aromatic N) is 1. The SMILES string of the molecule is NC(=O)c1cccc2c1c1cccc(Cl)c1n2Cc1cccc(-c2ccccc2)c1. The lowest BCUT2D eigenvalue weighted by atomic mass is 10.0. The molecule has 2 N–H and O–H groups in total. The Hall–Kier alpha value is -3.56. The summed E-state index contributed by atoms with van der Waals surface area (Å²) in [4.78, 5) is 12.1. The first-order chi connectivity index (χ1) is 14.6. The van der Waals surface area contributed by atoms with Crippen LogP contribution in [0.4, 0.5) is 0 Å². The Bertz CT molecular complexity index is 1400. The summed E-state index contributed by atoms with van der Waals surface area (Å²) < 4.78 is 2.17. The first kappa shape index (κ1) is 18.5. The van der Waals surface area contributed by atoms with Crippen LogP contribution in [-0.2, 0) is 6.54 Å². The summed E-state index contributed by atoms with van der Waals surface area (Å²) in [5, 5.41) is 2.44. The minimum absolute atomic E-state index is 0.439. The van der Waals surface area contributed by atoms with Gasteiger partial charge in [0.2, 0.25) is 5.91 Å². The molecule has 5 aromatic rings. The highest BCUT2D eigenvalue weighted by atomic mass is 35.5. The maximum absolute atomic E-state index is 12.1. The lowest BCUT2D eigenvalue weighted by Crippen LogP contribution is -2.11. The van der Waals surface area contributed by atoms with E-state index in [4.69, 9.17) is 17.3 Å². The number of halogens is 1. The van der Waals surface area contributed by atoms with Crippen molar-refractivity contribution in [3.63, 3.8) is 0 Å². The normalized spacial score (nSPS) is 11.2. The molecule has 0 aliphatic heterocycles. The number of nitrogens with two attached hydrogens (primary N) is 1. The number of carbonyl (C=O) groups excluding carboxylic acids is 1. The van der Waals surface area contributed by atoms with E-state index in [0.29, 0.717) is 17.1 Å². The second-order valence-electron chi connectivity index (χ2n) is 7.35. The van der Waals surface area contributed by atoms with Gasteiger partial charge in [-0.2, -0.15) is 0 Å². The van der Waals surface area contributed by atoms with E-state index in [9.17, 15) is 4.79 Å². The molecule has 4 aromatic carbocycles. The highest BCUT2D eigenvalue weighted by molar-refractivity contribution is 6.37. The minimum atomic E-state index is -0.439. The molecule has 0 fully saturated rings. The van der Waals surface area contributed by atoms with Crippen LogP contribution < -0.4 is 5.73 Å². The van der Waals surface area contributed by atoms with Gasteiger partial charge >= 0.3 is 0 Å². The average Bonchev–Trinajstić information content (AvgIpc) is 3.09. The zero-order valence-corrected chi connectivity index (χ0v) is 16.9. The lowest BCUT2D eigenvalue weighted by molar-refractivity contribution is 0.100. The number of fused-ring (bicyclic) bond motifs is 3. The first-order valence-corrected chi connectivity index (χ1v) is 10.1. The molecule has 0 aliphatic rings. The van der Waals surface area contributed by atoms with Gasteiger partial charge in [-0.1, -0.05) is 78.3 Å². The first-order valence-electron chi connectivity index (χ1n) is 9.77. The quantitative estimate of drug-likeness (QED) is 0.373. The molecule has 0 radical (unpaired) electrons. The van der Waals surface area contributed by atoms with Crippen molar-refractivity contribution in [3.05, 3.63) is 107 Å². The van der Waals surface area contributed by atoms with Gasteiger partial charge < -0.3 is 10.3 Å². The van der Waals surface area contributed by atoms with Crippen LogP contribution in [0.25, 0.3) is 32.9 Å². The van der Waals surface area contributed by atoms with Crippen LogP contribution in [0.3, 0.4) is 0 Å². The zero-order valence-electron chi connectivity index (χ0n) is 16.2. The summed E-state index contributed by atoms with van der Waals surface area (Å²) in [7, 11) is 0. The van der Waals surface area contributed by atoms with Gasteiger partial charge in [0.05, 0.1) is 16.1 Å². The van der Waals surface area contributed by atoms with Gasteiger partial charge in [0.25, 0.3) is 0 Å². The molecule has 0 bridgehead atoms. The molecule has 0 atom stereocenters. The molecule has 1 aromatic heterocycles. The van der Waals surface area contributed by atoms with Crippen molar-refractivity contribution >= 4 is 39.3 Å². The van der Waals surface area contributed by atoms with Crippen molar-refractivity contribution in [2.24, 2.45) is 5.73 Å². The molecule has 146 valence electrons. The van der Waals surface area contributed by atoms with Crippen LogP contribution in [0.1, 0.15) is 15.9 Å². The van der Waals surface area contributed by atoms with Crippen molar-refractivity contribution in [2.75, 3.05) is 0 Å². The molecule has 0 unspecified atom stereocenters. The summed E-state index contributed by atoms with van der Waals surface area (Å²) >= 11 is 6.62. The number of para-hydroxylation sites is 1. The third-order valence-corrected chi connectivity index (χ3v) is 5.80. The van der Waals surface area contributed by atoms with Crippen molar-refractivity contribution in [1.29, 1.82) is 0 Å². The molecule has 3 nitrogen and oxygen atoms in total. The standard InChI is InChI=1S/C26H19ClN2O/c27-22-13-5-11-20-24-21(26(28)30)12-6-14-23(24)29(25(20)22)16-17-7-4-10-19(15-17)18-8-2-1-3-9-18/h1-15H,16H2,(H2,28,30). The van der Waals surface area contributed by atoms with Gasteiger partial charge in [0.1, 0.15) is 0 Å². The summed E-state index contributed by atoms with van der Waals surface area (Å²) in [6, 6.07) is 30.2. The van der Waals surface area contributed by atoms with Crippen molar-refractivity contribution in [2.45, 2.75) is 6.54 Å². The van der Waals surface area contributed by atoms with Crippen molar-refractivity contribution < 1.29 is 4.79 Å². The third-order valence-electron chi connectivity index (χ3n) is 5.50. The minimum Gasteiger partial charge on any atom is -0.366 e. The Morgan fingerprint density at radius 3 is 2.37 bits per heavy atom. The molecular weight excluding hydrogens is 392 g/mol. The second kappa shape index (κ2) is 7.36. The predicted octanol–water partition coefficient (Wildman–Crippen LogP) is 6.26. The summed E-state index contributed by atoms with van der Waals surface area (Å²) in [5.74, 6) is -0.439. The van der Waals surface area contributed by atoms with Crippen LogP contribution >= 0.6 is 11.6 Å². The molecule has 1 heterocycles. The molecule has 1 amide bonds. The Morgan fingerprint density at radius 1 is 0.833 bits per heavy atom. The zero-order chi connectivity index (χ0) is 20.7. The van der Waals surface area contributed by atoms with Crippen LogP contribution in [0.5, 0.6) is 0 Å². The smallest absolute Gasteiger partial charge is 0.249 e. The molecule has 0 saturated carbocycles. The van der Waals surface area contributed by atoms with E-state index in [2.05, 4.69) is 41.0 Å². The number of rotatable bonds is 4. The fourth-order valence-electron chi connectivity index (χ4n) is 4.19. The topological polar surface area (TPSA) is 48.0 Å². The number of hydrogen-bond donors (Lipinski definition) is 1. The third kappa shape index (κ3) is 3.04. The highest BCUT2D eigenvalue weighted by Crippen LogP contribution is 2.36. The van der Waals surface area contributed by atoms with Crippen molar-refractivity contribution in [1.82, 2.24) is 4.57 Å². The van der Waals surface area contributed by atoms with Gasteiger partial charge in [-0.3, -0.25) is 4.79 Å². The molecule has 0 saturated heterocycles. The Morgan fingerprint density at radius 2 is 1.57 bits per heavy atom. The number of amides is 1. The van der Waals surface area contributed by atoms with Crippen LogP contribution in [0, 0.1) is 0 Å². The highest BCUT2D eigenvalue weighted by Gasteiger charge is 2.18. The fourth-order valence-corrected chi connectivity index (χ4v) is 4.47. The maximum Gasteiger partial charge on any atom is 0.249 e. The van der Waals surface area contributed by atoms with Gasteiger partial charge in [-0.05, 0) is 41.0 Å². The summed E-state index contributed by atoms with van der Waals surface area (Å²) in [6.07, 6.45) is 0. The number of carbonyl (C=O) groups is 1. The maximum atomic E-state index is 12.1. The number of hydrogen-bond acceptors (Lipinski definition) is 1.